The average Bonchev–Trinajstić information content (AvgIpc) is 2.54. The fraction of sp³-hybridized carbons (Fsp3) is 0.938. The van der Waals surface area contributed by atoms with Crippen molar-refractivity contribution in [2.45, 2.75) is 45.1 Å². The normalized spacial score (nSPS) is 21.8. The predicted molar refractivity (Wildman–Crippen MR) is 98.5 cm³/mol. The number of carbonyl (C=O) groups excluding carboxylic acids is 1. The molecule has 0 aromatic carbocycles. The molecule has 0 aromatic rings. The van der Waals surface area contributed by atoms with Gasteiger partial charge in [-0.3, -0.25) is 4.79 Å². The van der Waals surface area contributed by atoms with Crippen molar-refractivity contribution in [1.82, 2.24) is 10.2 Å². The van der Waals surface area contributed by atoms with Crippen molar-refractivity contribution in [2.75, 3.05) is 39.4 Å². The lowest BCUT2D eigenvalue weighted by Crippen LogP contribution is -2.48. The first-order valence-electron chi connectivity index (χ1n) is 8.54. The number of hydrogen-bond acceptors (Lipinski definition) is 4. The number of nitrogens with two attached hydrogens (primary N) is 1. The van der Waals surface area contributed by atoms with Crippen LogP contribution in [0.15, 0.2) is 0 Å². The molecule has 7 heteroatoms. The quantitative estimate of drug-likeness (QED) is 0.749. The van der Waals surface area contributed by atoms with Gasteiger partial charge in [0, 0.05) is 19.8 Å². The highest BCUT2D eigenvalue weighted by molar-refractivity contribution is 5.85. The summed E-state index contributed by atoms with van der Waals surface area (Å²) in [5.74, 6) is 0.923. The van der Waals surface area contributed by atoms with E-state index in [-0.39, 0.29) is 42.7 Å². The highest BCUT2D eigenvalue weighted by Crippen LogP contribution is 2.19. The van der Waals surface area contributed by atoms with Gasteiger partial charge < -0.3 is 20.7 Å². The van der Waals surface area contributed by atoms with E-state index in [2.05, 4.69) is 17.1 Å². The molecular weight excluding hydrogens is 337 g/mol. The number of nitrogens with one attached hydrogen (secondary N) is 1. The van der Waals surface area contributed by atoms with Gasteiger partial charge >= 0.3 is 0 Å². The summed E-state index contributed by atoms with van der Waals surface area (Å²) in [6.07, 6.45) is 5.41. The third-order valence-corrected chi connectivity index (χ3v) is 4.89. The van der Waals surface area contributed by atoms with Crippen LogP contribution in [0, 0.1) is 11.8 Å². The molecule has 0 aliphatic carbocycles. The maximum atomic E-state index is 12.2. The number of likely N-dealkylation sites (tertiary alicyclic amines) is 1. The summed E-state index contributed by atoms with van der Waals surface area (Å²) in [5.41, 5.74) is 6.09. The zero-order chi connectivity index (χ0) is 15.1. The van der Waals surface area contributed by atoms with Crippen LogP contribution in [0.1, 0.15) is 39.0 Å². The minimum absolute atomic E-state index is 0. The lowest BCUT2D eigenvalue weighted by molar-refractivity contribution is -0.124. The Balaban J connectivity index is 0.00000242. The Bertz CT molecular complexity index is 320. The predicted octanol–water partition coefficient (Wildman–Crippen LogP) is 1.82. The Hall–Kier alpha value is -0.0700. The van der Waals surface area contributed by atoms with Crippen molar-refractivity contribution in [1.29, 1.82) is 0 Å². The Morgan fingerprint density at radius 3 is 2.39 bits per heavy atom. The van der Waals surface area contributed by atoms with Gasteiger partial charge in [-0.2, -0.15) is 0 Å². The van der Waals surface area contributed by atoms with Crippen molar-refractivity contribution in [3.8, 4) is 0 Å². The Kier molecular flexibility index (Phi) is 12.3. The van der Waals surface area contributed by atoms with Gasteiger partial charge in [0.15, 0.2) is 0 Å². The lowest BCUT2D eigenvalue weighted by atomic mass is 9.91. The first kappa shape index (κ1) is 22.9. The van der Waals surface area contributed by atoms with Gasteiger partial charge in [-0.05, 0) is 63.6 Å². The van der Waals surface area contributed by atoms with Crippen molar-refractivity contribution < 1.29 is 9.53 Å². The molecule has 1 unspecified atom stereocenters. The van der Waals surface area contributed by atoms with E-state index >= 15 is 0 Å². The Morgan fingerprint density at radius 1 is 1.22 bits per heavy atom. The van der Waals surface area contributed by atoms with Crippen LogP contribution in [0.2, 0.25) is 0 Å². The maximum Gasteiger partial charge on any atom is 0.237 e. The van der Waals surface area contributed by atoms with Gasteiger partial charge in [-0.25, -0.2) is 0 Å². The molecule has 23 heavy (non-hydrogen) atoms. The Morgan fingerprint density at radius 2 is 1.83 bits per heavy atom. The fourth-order valence-corrected chi connectivity index (χ4v) is 3.38. The zero-order valence-corrected chi connectivity index (χ0v) is 15.8. The number of carbonyl (C=O) groups is 1. The molecule has 2 fully saturated rings. The highest BCUT2D eigenvalue weighted by Gasteiger charge is 2.27. The molecule has 0 radical (unpaired) electrons. The number of piperidine rings is 1. The van der Waals surface area contributed by atoms with Crippen molar-refractivity contribution in [2.24, 2.45) is 17.6 Å². The molecule has 1 amide bonds. The molecule has 138 valence electrons. The summed E-state index contributed by atoms with van der Waals surface area (Å²) in [5, 5.41) is 3.07. The fourth-order valence-electron chi connectivity index (χ4n) is 3.38. The lowest BCUT2D eigenvalue weighted by Gasteiger charge is -2.32. The van der Waals surface area contributed by atoms with Crippen molar-refractivity contribution in [3.63, 3.8) is 0 Å². The van der Waals surface area contributed by atoms with Gasteiger partial charge in [-0.1, -0.05) is 6.92 Å². The second-order valence-electron chi connectivity index (χ2n) is 6.51. The third kappa shape index (κ3) is 7.57. The number of nitrogens with zero attached hydrogens (tertiary/aromatic N) is 1. The van der Waals surface area contributed by atoms with Gasteiger partial charge in [0.1, 0.15) is 0 Å². The van der Waals surface area contributed by atoms with Crippen LogP contribution in [0.5, 0.6) is 0 Å². The minimum atomic E-state index is -0.367. The minimum Gasteiger partial charge on any atom is -0.381 e. The molecule has 2 heterocycles. The third-order valence-electron chi connectivity index (χ3n) is 4.89. The van der Waals surface area contributed by atoms with Gasteiger partial charge in [0.2, 0.25) is 5.91 Å². The molecule has 5 nitrogen and oxygen atoms in total. The van der Waals surface area contributed by atoms with Crippen LogP contribution in [0.3, 0.4) is 0 Å². The first-order valence-corrected chi connectivity index (χ1v) is 8.54. The van der Waals surface area contributed by atoms with Crippen LogP contribution in [0.25, 0.3) is 0 Å². The molecule has 0 saturated carbocycles. The van der Waals surface area contributed by atoms with Gasteiger partial charge in [0.05, 0.1) is 6.04 Å². The second kappa shape index (κ2) is 12.3. The molecule has 0 spiro atoms. The van der Waals surface area contributed by atoms with Crippen LogP contribution >= 0.6 is 24.8 Å². The van der Waals surface area contributed by atoms with Crippen molar-refractivity contribution in [3.05, 3.63) is 0 Å². The number of halogens is 2. The highest BCUT2D eigenvalue weighted by atomic mass is 35.5. The molecule has 2 saturated heterocycles. The van der Waals surface area contributed by atoms with E-state index in [0.29, 0.717) is 5.92 Å². The SMILES string of the molecule is CCCN1CCC(CNC(=O)C(N)C2CCOCC2)CC1.Cl.Cl. The molecule has 2 rings (SSSR count). The summed E-state index contributed by atoms with van der Waals surface area (Å²) < 4.78 is 5.32. The standard InChI is InChI=1S/C16H31N3O2.2ClH/c1-2-7-19-8-3-13(4-9-19)12-18-16(20)15(17)14-5-10-21-11-6-14;;/h13-15H,2-12,17H2,1H3,(H,18,20);2*1H. The number of rotatable bonds is 6. The largest absolute Gasteiger partial charge is 0.381 e. The van der Waals surface area contributed by atoms with Gasteiger partial charge in [0.25, 0.3) is 0 Å². The maximum absolute atomic E-state index is 12.2. The molecule has 1 atom stereocenters. The molecule has 2 aliphatic rings. The van der Waals surface area contributed by atoms with E-state index in [4.69, 9.17) is 10.5 Å². The molecular formula is C16H33Cl2N3O2. The Labute approximate surface area is 152 Å². The van der Waals surface area contributed by atoms with Crippen LogP contribution in [-0.4, -0.2) is 56.2 Å². The van der Waals surface area contributed by atoms with Gasteiger partial charge in [-0.15, -0.1) is 24.8 Å². The van der Waals surface area contributed by atoms with Crippen LogP contribution in [0.4, 0.5) is 0 Å². The van der Waals surface area contributed by atoms with E-state index in [1.807, 2.05) is 0 Å². The zero-order valence-electron chi connectivity index (χ0n) is 14.2. The monoisotopic (exact) mass is 369 g/mol. The van der Waals surface area contributed by atoms with Crippen molar-refractivity contribution >= 4 is 30.7 Å². The second-order valence-corrected chi connectivity index (χ2v) is 6.51. The summed E-state index contributed by atoms with van der Waals surface area (Å²) in [4.78, 5) is 14.7. The van der Waals surface area contributed by atoms with E-state index in [1.165, 1.54) is 38.9 Å². The summed E-state index contributed by atoms with van der Waals surface area (Å²) in [7, 11) is 0. The van der Waals surface area contributed by atoms with Crippen LogP contribution in [-0.2, 0) is 9.53 Å². The smallest absolute Gasteiger partial charge is 0.237 e. The van der Waals surface area contributed by atoms with E-state index in [1.54, 1.807) is 0 Å². The summed E-state index contributed by atoms with van der Waals surface area (Å²) >= 11 is 0. The van der Waals surface area contributed by atoms with E-state index in [9.17, 15) is 4.79 Å². The van der Waals surface area contributed by atoms with E-state index in [0.717, 1.165) is 32.6 Å². The molecule has 2 aliphatic heterocycles. The summed E-state index contributed by atoms with van der Waals surface area (Å²) in [6.45, 7) is 8.03. The average molecular weight is 370 g/mol. The summed E-state index contributed by atoms with van der Waals surface area (Å²) in [6, 6.07) is -0.367. The molecule has 0 aromatic heterocycles. The van der Waals surface area contributed by atoms with E-state index < -0.39 is 0 Å². The molecule has 3 N–H and O–H groups in total. The topological polar surface area (TPSA) is 67.6 Å². The first-order chi connectivity index (χ1) is 10.2. The number of ether oxygens (including phenoxy) is 1. The number of hydrogen-bond donors (Lipinski definition) is 2. The number of amides is 1. The van der Waals surface area contributed by atoms with Crippen LogP contribution < -0.4 is 11.1 Å². The molecule has 0 bridgehead atoms.